The Bertz CT molecular complexity index is 903. The molecule has 2 atom stereocenters. The minimum atomic E-state index is -0.523. The van der Waals surface area contributed by atoms with Crippen LogP contribution < -0.4 is 10.2 Å². The number of rotatable bonds is 2. The Morgan fingerprint density at radius 3 is 2.83 bits per heavy atom. The van der Waals surface area contributed by atoms with E-state index in [2.05, 4.69) is 53.0 Å². The van der Waals surface area contributed by atoms with Crippen molar-refractivity contribution in [1.82, 2.24) is 25.5 Å². The Morgan fingerprint density at radius 1 is 1.41 bits per heavy atom. The highest BCUT2D eigenvalue weighted by Gasteiger charge is 2.50. The summed E-state index contributed by atoms with van der Waals surface area (Å²) in [5.74, 6) is 0.844. The van der Waals surface area contributed by atoms with Crippen LogP contribution in [0.5, 0.6) is 0 Å². The smallest absolute Gasteiger partial charge is 0.407 e. The molecule has 10 heteroatoms. The van der Waals surface area contributed by atoms with E-state index in [1.54, 1.807) is 0 Å². The van der Waals surface area contributed by atoms with E-state index in [9.17, 15) is 4.79 Å². The number of nitrogens with zero attached hydrogens (tertiary/aromatic N) is 4. The van der Waals surface area contributed by atoms with Crippen molar-refractivity contribution in [2.45, 2.75) is 58.3 Å². The van der Waals surface area contributed by atoms with Crippen LogP contribution in [0, 0.1) is 9.12 Å². The highest BCUT2D eigenvalue weighted by molar-refractivity contribution is 14.1. The number of H-pyrrole nitrogens is 1. The second kappa shape index (κ2) is 7.53. The summed E-state index contributed by atoms with van der Waals surface area (Å²) in [6.07, 6.45) is 3.18. The highest BCUT2D eigenvalue weighted by Crippen LogP contribution is 2.43. The summed E-state index contributed by atoms with van der Waals surface area (Å²) in [5.41, 5.74) is 0.885. The topological polar surface area (TPSA) is 105 Å². The van der Waals surface area contributed by atoms with Crippen LogP contribution in [0.15, 0.2) is 6.20 Å². The van der Waals surface area contributed by atoms with E-state index >= 15 is 0 Å². The Kier molecular flexibility index (Phi) is 5.34. The number of carbonyl (C=O) groups excluding carboxylic acids is 1. The number of amides is 1. The molecule has 0 unspecified atom stereocenters. The van der Waals surface area contributed by atoms with E-state index in [0.29, 0.717) is 12.3 Å². The molecule has 2 saturated heterocycles. The van der Waals surface area contributed by atoms with Crippen molar-refractivity contribution in [1.29, 1.82) is 0 Å². The highest BCUT2D eigenvalue weighted by atomic mass is 127. The van der Waals surface area contributed by atoms with Gasteiger partial charge in [0.25, 0.3) is 0 Å². The van der Waals surface area contributed by atoms with Gasteiger partial charge in [0.2, 0.25) is 0 Å². The Morgan fingerprint density at radius 2 is 2.14 bits per heavy atom. The average Bonchev–Trinajstić information content (AvgIpc) is 3.16. The molecule has 1 amide bonds. The summed E-state index contributed by atoms with van der Waals surface area (Å²) in [6, 6.07) is -0.0674. The molecule has 2 aromatic rings. The number of halogens is 1. The molecule has 2 fully saturated rings. The van der Waals surface area contributed by atoms with E-state index < -0.39 is 5.60 Å². The van der Waals surface area contributed by atoms with Crippen molar-refractivity contribution in [3.8, 4) is 0 Å². The molecule has 9 nitrogen and oxygen atoms in total. The Hall–Kier alpha value is -1.69. The molecular formula is C19H27IN6O3. The van der Waals surface area contributed by atoms with E-state index in [1.807, 2.05) is 33.9 Å². The molecule has 0 radical (unpaired) electrons. The third kappa shape index (κ3) is 4.14. The largest absolute Gasteiger partial charge is 0.444 e. The van der Waals surface area contributed by atoms with Crippen molar-refractivity contribution in [2.75, 3.05) is 24.6 Å². The zero-order valence-corrected chi connectivity index (χ0v) is 19.3. The quantitative estimate of drug-likeness (QED) is 0.594. The average molecular weight is 514 g/mol. The molecule has 0 bridgehead atoms. The summed E-state index contributed by atoms with van der Waals surface area (Å²) >= 11 is 2.15. The van der Waals surface area contributed by atoms with Crippen LogP contribution in [-0.4, -0.2) is 63.7 Å². The van der Waals surface area contributed by atoms with E-state index in [1.165, 1.54) is 0 Å². The van der Waals surface area contributed by atoms with E-state index in [-0.39, 0.29) is 23.7 Å². The number of hydrogen-bond donors (Lipinski definition) is 2. The second-order valence-electron chi connectivity index (χ2n) is 8.93. The van der Waals surface area contributed by atoms with Crippen molar-refractivity contribution >= 4 is 45.7 Å². The maximum atomic E-state index is 12.4. The van der Waals surface area contributed by atoms with Gasteiger partial charge in [-0.3, -0.25) is 5.10 Å². The molecule has 29 heavy (non-hydrogen) atoms. The first-order valence-corrected chi connectivity index (χ1v) is 11.0. The summed E-state index contributed by atoms with van der Waals surface area (Å²) in [5, 5.41) is 10.2. The lowest BCUT2D eigenvalue weighted by atomic mass is 9.73. The molecule has 4 rings (SSSR count). The zero-order chi connectivity index (χ0) is 20.8. The van der Waals surface area contributed by atoms with Crippen LogP contribution in [0.3, 0.4) is 0 Å². The summed E-state index contributed by atoms with van der Waals surface area (Å²) < 4.78 is 12.3. The van der Waals surface area contributed by atoms with Crippen LogP contribution in [0.4, 0.5) is 10.6 Å². The Labute approximate surface area is 183 Å². The molecule has 0 aliphatic carbocycles. The maximum Gasteiger partial charge on any atom is 0.407 e. The summed E-state index contributed by atoms with van der Waals surface area (Å²) in [6.45, 7) is 9.92. The van der Waals surface area contributed by atoms with Crippen LogP contribution >= 0.6 is 22.6 Å². The van der Waals surface area contributed by atoms with Crippen LogP contribution in [-0.2, 0) is 9.47 Å². The normalized spacial score (nSPS) is 24.2. The first-order chi connectivity index (χ1) is 13.7. The first-order valence-electron chi connectivity index (χ1n) is 9.90. The van der Waals surface area contributed by atoms with Gasteiger partial charge in [0, 0.05) is 18.5 Å². The van der Waals surface area contributed by atoms with E-state index in [0.717, 1.165) is 41.0 Å². The molecule has 1 spiro atoms. The summed E-state index contributed by atoms with van der Waals surface area (Å²) in [4.78, 5) is 23.8. The number of fused-ring (bicyclic) bond motifs is 1. The lowest BCUT2D eigenvalue weighted by Crippen LogP contribution is -2.55. The number of alkyl carbamates (subject to hydrolysis) is 1. The minimum Gasteiger partial charge on any atom is -0.444 e. The first kappa shape index (κ1) is 20.6. The number of carbonyl (C=O) groups is 1. The predicted octanol–water partition coefficient (Wildman–Crippen LogP) is 2.86. The molecule has 2 aromatic heterocycles. The van der Waals surface area contributed by atoms with E-state index in [4.69, 9.17) is 9.47 Å². The van der Waals surface area contributed by atoms with Gasteiger partial charge in [-0.15, -0.1) is 0 Å². The van der Waals surface area contributed by atoms with Crippen LogP contribution in [0.2, 0.25) is 0 Å². The number of piperidine rings is 1. The van der Waals surface area contributed by atoms with Gasteiger partial charge >= 0.3 is 6.09 Å². The number of aromatic amines is 1. The van der Waals surface area contributed by atoms with Gasteiger partial charge in [0.1, 0.15) is 16.9 Å². The van der Waals surface area contributed by atoms with Gasteiger partial charge < -0.3 is 19.7 Å². The van der Waals surface area contributed by atoms with Crippen LogP contribution in [0.1, 0.15) is 40.5 Å². The standard InChI is InChI=1S/C19H27IN6O3/c1-11-14(23-17(27)29-18(2,3)4)19(10-28-11)5-7-26(8-6-19)12-9-21-13-15(20)24-25-16(13)22-12/h9,11,14H,5-8,10H2,1-4H3,(H,23,27)(H,22,24,25)/t11-,14+/m0/s1. The number of hydrogen-bond acceptors (Lipinski definition) is 7. The molecule has 2 N–H and O–H groups in total. The number of anilines is 1. The SMILES string of the molecule is C[C@@H]1OCC2(CCN(c3cnc4c(I)n[nH]c4n3)CC2)[C@@H]1NC(=O)OC(C)(C)C. The molecule has 158 valence electrons. The van der Waals surface area contributed by atoms with Crippen molar-refractivity contribution in [3.05, 3.63) is 9.90 Å². The number of aromatic nitrogens is 4. The molecule has 2 aliphatic rings. The molecular weight excluding hydrogens is 487 g/mol. The zero-order valence-electron chi connectivity index (χ0n) is 17.2. The monoisotopic (exact) mass is 514 g/mol. The number of ether oxygens (including phenoxy) is 2. The maximum absolute atomic E-state index is 12.4. The predicted molar refractivity (Wildman–Crippen MR) is 117 cm³/mol. The third-order valence-electron chi connectivity index (χ3n) is 5.73. The molecule has 0 saturated carbocycles. The summed E-state index contributed by atoms with van der Waals surface area (Å²) in [7, 11) is 0. The van der Waals surface area contributed by atoms with Gasteiger partial charge in [-0.2, -0.15) is 5.10 Å². The van der Waals surface area contributed by atoms with Crippen molar-refractivity contribution in [3.63, 3.8) is 0 Å². The lowest BCUT2D eigenvalue weighted by Gasteiger charge is -2.42. The molecule has 0 aromatic carbocycles. The van der Waals surface area contributed by atoms with Crippen LogP contribution in [0.25, 0.3) is 11.2 Å². The van der Waals surface area contributed by atoms with Gasteiger partial charge in [-0.25, -0.2) is 14.8 Å². The minimum absolute atomic E-state index is 0.0442. The van der Waals surface area contributed by atoms with Gasteiger partial charge in [-0.05, 0) is 63.1 Å². The molecule has 2 aliphatic heterocycles. The fourth-order valence-electron chi connectivity index (χ4n) is 4.24. The molecule has 4 heterocycles. The fourth-order valence-corrected chi connectivity index (χ4v) is 4.75. The van der Waals surface area contributed by atoms with Gasteiger partial charge in [0.05, 0.1) is 24.9 Å². The number of nitrogens with one attached hydrogen (secondary N) is 2. The van der Waals surface area contributed by atoms with Gasteiger partial charge in [0.15, 0.2) is 9.35 Å². The van der Waals surface area contributed by atoms with Crippen molar-refractivity contribution < 1.29 is 14.3 Å². The Balaban J connectivity index is 1.45. The van der Waals surface area contributed by atoms with Crippen molar-refractivity contribution in [2.24, 2.45) is 5.41 Å². The third-order valence-corrected chi connectivity index (χ3v) is 6.49. The van der Waals surface area contributed by atoms with Gasteiger partial charge in [-0.1, -0.05) is 0 Å². The fraction of sp³-hybridized carbons (Fsp3) is 0.684. The lowest BCUT2D eigenvalue weighted by molar-refractivity contribution is 0.0434. The second-order valence-corrected chi connectivity index (χ2v) is 9.95.